The summed E-state index contributed by atoms with van der Waals surface area (Å²) in [5.74, 6) is 0.682. The number of rotatable bonds is 23. The molecule has 1 unspecified atom stereocenters. The molecular formula is C28H56O2. The van der Waals surface area contributed by atoms with Crippen molar-refractivity contribution in [1.82, 2.24) is 0 Å². The molecule has 0 radical (unpaired) electrons. The van der Waals surface area contributed by atoms with E-state index in [2.05, 4.69) is 27.7 Å². The Bertz CT molecular complexity index is 339. The van der Waals surface area contributed by atoms with Crippen molar-refractivity contribution in [3.8, 4) is 0 Å². The van der Waals surface area contributed by atoms with Crippen LogP contribution in [0.4, 0.5) is 0 Å². The van der Waals surface area contributed by atoms with Crippen molar-refractivity contribution in [3.05, 3.63) is 0 Å². The van der Waals surface area contributed by atoms with Gasteiger partial charge >= 0.3 is 5.97 Å². The van der Waals surface area contributed by atoms with Crippen molar-refractivity contribution < 1.29 is 9.53 Å². The van der Waals surface area contributed by atoms with Gasteiger partial charge in [-0.25, -0.2) is 0 Å². The van der Waals surface area contributed by atoms with Gasteiger partial charge in [-0.05, 0) is 25.2 Å². The maximum Gasteiger partial charge on any atom is 0.308 e. The van der Waals surface area contributed by atoms with Gasteiger partial charge in [-0.15, -0.1) is 0 Å². The Balaban J connectivity index is 4.05. The minimum atomic E-state index is 0.0444. The summed E-state index contributed by atoms with van der Waals surface area (Å²) in [6, 6.07) is 0. The first-order valence-electron chi connectivity index (χ1n) is 13.8. The number of esters is 1. The fourth-order valence-electron chi connectivity index (χ4n) is 4.25. The van der Waals surface area contributed by atoms with Crippen LogP contribution in [0.5, 0.6) is 0 Å². The molecule has 180 valence electrons. The van der Waals surface area contributed by atoms with E-state index in [0.717, 1.165) is 6.42 Å². The lowest BCUT2D eigenvalue weighted by Crippen LogP contribution is -2.20. The van der Waals surface area contributed by atoms with Gasteiger partial charge in [-0.1, -0.05) is 137 Å². The lowest BCUT2D eigenvalue weighted by molar-refractivity contribution is -0.149. The fraction of sp³-hybridized carbons (Fsp3) is 0.964. The van der Waals surface area contributed by atoms with Crippen molar-refractivity contribution in [3.63, 3.8) is 0 Å². The summed E-state index contributed by atoms with van der Waals surface area (Å²) >= 11 is 0. The second-order valence-corrected chi connectivity index (χ2v) is 9.71. The van der Waals surface area contributed by atoms with E-state index in [0.29, 0.717) is 12.5 Å². The van der Waals surface area contributed by atoms with E-state index in [1.54, 1.807) is 0 Å². The lowest BCUT2D eigenvalue weighted by atomic mass is 9.95. The van der Waals surface area contributed by atoms with Crippen LogP contribution in [0.1, 0.15) is 156 Å². The van der Waals surface area contributed by atoms with Crippen LogP contribution in [-0.4, -0.2) is 12.6 Å². The zero-order valence-electron chi connectivity index (χ0n) is 21.3. The van der Waals surface area contributed by atoms with Crippen molar-refractivity contribution in [2.45, 2.75) is 156 Å². The highest BCUT2D eigenvalue weighted by molar-refractivity contribution is 5.71. The number of unbranched alkanes of at least 4 members (excludes halogenated alkanes) is 14. The third kappa shape index (κ3) is 19.4. The number of carbonyl (C=O) groups is 1. The fourth-order valence-corrected chi connectivity index (χ4v) is 4.25. The summed E-state index contributed by atoms with van der Waals surface area (Å²) in [6.07, 6.45) is 25.9. The van der Waals surface area contributed by atoms with Gasteiger partial charge < -0.3 is 4.74 Å². The third-order valence-corrected chi connectivity index (χ3v) is 6.54. The van der Waals surface area contributed by atoms with Gasteiger partial charge in [-0.2, -0.15) is 0 Å². The summed E-state index contributed by atoms with van der Waals surface area (Å²) in [7, 11) is 0. The van der Waals surface area contributed by atoms with E-state index in [4.69, 9.17) is 4.74 Å². The molecule has 0 spiro atoms. The highest BCUT2D eigenvalue weighted by atomic mass is 16.5. The minimum absolute atomic E-state index is 0.0444. The van der Waals surface area contributed by atoms with Crippen LogP contribution >= 0.6 is 0 Å². The predicted octanol–water partition coefficient (Wildman–Crippen LogP) is 9.64. The molecule has 0 aromatic carbocycles. The molecule has 0 aliphatic rings. The number of carbonyl (C=O) groups excluding carboxylic acids is 1. The van der Waals surface area contributed by atoms with Crippen LogP contribution in [0.15, 0.2) is 0 Å². The monoisotopic (exact) mass is 424 g/mol. The average Bonchev–Trinajstić information content (AvgIpc) is 2.75. The van der Waals surface area contributed by atoms with E-state index in [1.165, 1.54) is 122 Å². The maximum atomic E-state index is 12.5. The van der Waals surface area contributed by atoms with Gasteiger partial charge in [0.2, 0.25) is 0 Å². The molecule has 0 bridgehead atoms. The molecule has 0 aromatic rings. The Labute approximate surface area is 190 Å². The highest BCUT2D eigenvalue weighted by Gasteiger charge is 2.17. The van der Waals surface area contributed by atoms with Gasteiger partial charge in [0.15, 0.2) is 0 Å². The molecule has 0 N–H and O–H groups in total. The molecule has 0 rings (SSSR count). The van der Waals surface area contributed by atoms with Crippen LogP contribution in [0.2, 0.25) is 0 Å². The zero-order chi connectivity index (χ0) is 22.3. The molecule has 0 aliphatic carbocycles. The predicted molar refractivity (Wildman–Crippen MR) is 133 cm³/mol. The number of hydrogen-bond acceptors (Lipinski definition) is 2. The summed E-state index contributed by atoms with van der Waals surface area (Å²) in [5.41, 5.74) is 0. The Morgan fingerprint density at radius 2 is 0.933 bits per heavy atom. The van der Waals surface area contributed by atoms with E-state index in [-0.39, 0.29) is 11.9 Å². The summed E-state index contributed by atoms with van der Waals surface area (Å²) in [6.45, 7) is 9.51. The van der Waals surface area contributed by atoms with Gasteiger partial charge in [-0.3, -0.25) is 4.79 Å². The first-order chi connectivity index (χ1) is 14.7. The highest BCUT2D eigenvalue weighted by Crippen LogP contribution is 2.21. The minimum Gasteiger partial charge on any atom is -0.465 e. The van der Waals surface area contributed by atoms with E-state index in [9.17, 15) is 4.79 Å². The van der Waals surface area contributed by atoms with Crippen molar-refractivity contribution in [2.24, 2.45) is 11.8 Å². The second-order valence-electron chi connectivity index (χ2n) is 9.71. The summed E-state index contributed by atoms with van der Waals surface area (Å²) in [5, 5.41) is 0. The first-order valence-corrected chi connectivity index (χ1v) is 13.8. The van der Waals surface area contributed by atoms with Crippen LogP contribution in [0.3, 0.4) is 0 Å². The topological polar surface area (TPSA) is 26.3 Å². The first kappa shape index (κ1) is 29.5. The smallest absolute Gasteiger partial charge is 0.308 e. The summed E-state index contributed by atoms with van der Waals surface area (Å²) in [4.78, 5) is 12.5. The Kier molecular flexibility index (Phi) is 22.7. The van der Waals surface area contributed by atoms with Crippen LogP contribution in [0.25, 0.3) is 0 Å². The lowest BCUT2D eigenvalue weighted by Gasteiger charge is -2.19. The molecule has 2 nitrogen and oxygen atoms in total. The quantitative estimate of drug-likeness (QED) is 0.120. The SMILES string of the molecule is CCCCCCCCCC(C)C(=O)OCC(CCCCCCC)CCCCCCC. The van der Waals surface area contributed by atoms with Crippen molar-refractivity contribution >= 4 is 5.97 Å². The molecule has 0 amide bonds. The molecule has 0 aromatic heterocycles. The summed E-state index contributed by atoms with van der Waals surface area (Å²) < 4.78 is 5.79. The maximum absolute atomic E-state index is 12.5. The molecule has 1 atom stereocenters. The Morgan fingerprint density at radius 1 is 0.567 bits per heavy atom. The molecule has 30 heavy (non-hydrogen) atoms. The van der Waals surface area contributed by atoms with Gasteiger partial charge in [0.1, 0.15) is 0 Å². The zero-order valence-corrected chi connectivity index (χ0v) is 21.3. The van der Waals surface area contributed by atoms with Gasteiger partial charge in [0.05, 0.1) is 12.5 Å². The van der Waals surface area contributed by atoms with Crippen molar-refractivity contribution in [2.75, 3.05) is 6.61 Å². The number of hydrogen-bond donors (Lipinski definition) is 0. The van der Waals surface area contributed by atoms with E-state index >= 15 is 0 Å². The average molecular weight is 425 g/mol. The largest absolute Gasteiger partial charge is 0.465 e. The van der Waals surface area contributed by atoms with Gasteiger partial charge in [0, 0.05) is 0 Å². The van der Waals surface area contributed by atoms with Crippen LogP contribution < -0.4 is 0 Å². The van der Waals surface area contributed by atoms with Crippen molar-refractivity contribution in [1.29, 1.82) is 0 Å². The molecular weight excluding hydrogens is 368 g/mol. The molecule has 0 heterocycles. The molecule has 2 heteroatoms. The molecule has 0 aliphatic heterocycles. The normalized spacial score (nSPS) is 12.4. The standard InChI is InChI=1S/C28H56O2/c1-5-8-11-14-15-18-19-22-26(4)28(29)30-25-27(23-20-16-12-9-6-2)24-21-17-13-10-7-3/h26-27H,5-25H2,1-4H3. The van der Waals surface area contributed by atoms with E-state index < -0.39 is 0 Å². The Morgan fingerprint density at radius 3 is 1.37 bits per heavy atom. The van der Waals surface area contributed by atoms with E-state index in [1.807, 2.05) is 0 Å². The Hall–Kier alpha value is -0.530. The van der Waals surface area contributed by atoms with Crippen LogP contribution in [-0.2, 0) is 9.53 Å². The van der Waals surface area contributed by atoms with Crippen LogP contribution in [0, 0.1) is 11.8 Å². The number of ether oxygens (including phenoxy) is 1. The molecule has 0 saturated carbocycles. The molecule has 0 saturated heterocycles. The van der Waals surface area contributed by atoms with Gasteiger partial charge in [0.25, 0.3) is 0 Å². The third-order valence-electron chi connectivity index (χ3n) is 6.54. The second kappa shape index (κ2) is 23.1. The molecule has 0 fully saturated rings.